The number of para-hydroxylation sites is 2. The number of aromatic nitrogens is 1. The second-order valence-corrected chi connectivity index (χ2v) is 17.6. The molecule has 0 aliphatic heterocycles. The van der Waals surface area contributed by atoms with Crippen LogP contribution < -0.4 is 4.90 Å². The van der Waals surface area contributed by atoms with Crippen LogP contribution in [-0.2, 0) is 5.41 Å². The maximum atomic E-state index is 2.45. The summed E-state index contributed by atoms with van der Waals surface area (Å²) in [5.41, 5.74) is 18.8. The highest BCUT2D eigenvalue weighted by molar-refractivity contribution is 6.11. The van der Waals surface area contributed by atoms with Crippen molar-refractivity contribution in [1.29, 1.82) is 0 Å². The zero-order valence-corrected chi connectivity index (χ0v) is 36.8. The molecule has 1 aliphatic carbocycles. The van der Waals surface area contributed by atoms with Gasteiger partial charge in [-0.05, 0) is 128 Å². The summed E-state index contributed by atoms with van der Waals surface area (Å²) in [6.07, 6.45) is 0. The predicted octanol–water partition coefficient (Wildman–Crippen LogP) is 17.1. The van der Waals surface area contributed by atoms with Crippen LogP contribution in [0, 0.1) is 0 Å². The van der Waals surface area contributed by atoms with Crippen molar-refractivity contribution in [3.63, 3.8) is 0 Å². The van der Waals surface area contributed by atoms with Gasteiger partial charge in [-0.2, -0.15) is 0 Å². The van der Waals surface area contributed by atoms with Gasteiger partial charge in [0.2, 0.25) is 0 Å². The SMILES string of the molecule is c1ccc(N(c2cccc(-c3cccc(-c4ccc5c(c4)c4ccccc4n5-c4cccc5ccccc45)c3)c2)c2ccc3c(c2)C(c2ccccc2)(c2ccccc2)c2ccccc2-3)cc1. The van der Waals surface area contributed by atoms with Crippen molar-refractivity contribution in [2.45, 2.75) is 5.41 Å². The Balaban J connectivity index is 0.928. The predicted molar refractivity (Wildman–Crippen MR) is 281 cm³/mol. The highest BCUT2D eigenvalue weighted by Gasteiger charge is 2.46. The van der Waals surface area contributed by atoms with Crippen LogP contribution in [0.3, 0.4) is 0 Å². The van der Waals surface area contributed by atoms with Crippen molar-refractivity contribution in [2.75, 3.05) is 4.90 Å². The van der Waals surface area contributed by atoms with Gasteiger partial charge in [0.05, 0.1) is 22.1 Å². The Morgan fingerprint density at radius 1 is 0.299 bits per heavy atom. The zero-order chi connectivity index (χ0) is 44.3. The quantitative estimate of drug-likeness (QED) is 0.148. The summed E-state index contributed by atoms with van der Waals surface area (Å²) in [6.45, 7) is 0. The first kappa shape index (κ1) is 38.7. The van der Waals surface area contributed by atoms with E-state index in [1.807, 2.05) is 0 Å². The van der Waals surface area contributed by atoms with E-state index < -0.39 is 5.41 Å². The Hall–Kier alpha value is -8.72. The van der Waals surface area contributed by atoms with Crippen LogP contribution in [-0.4, -0.2) is 4.57 Å². The third kappa shape index (κ3) is 6.18. The van der Waals surface area contributed by atoms with Gasteiger partial charge in [0.15, 0.2) is 0 Å². The van der Waals surface area contributed by atoms with Crippen LogP contribution in [0.5, 0.6) is 0 Å². The summed E-state index contributed by atoms with van der Waals surface area (Å²) >= 11 is 0. The molecule has 0 unspecified atom stereocenters. The fourth-order valence-electron chi connectivity index (χ4n) is 11.1. The van der Waals surface area contributed by atoms with Gasteiger partial charge in [0.1, 0.15) is 0 Å². The third-order valence-corrected chi connectivity index (χ3v) is 14.0. The Morgan fingerprint density at radius 3 is 1.61 bits per heavy atom. The molecule has 13 rings (SSSR count). The normalized spacial score (nSPS) is 12.6. The van der Waals surface area contributed by atoms with Crippen molar-refractivity contribution in [3.05, 3.63) is 289 Å². The van der Waals surface area contributed by atoms with E-state index in [-0.39, 0.29) is 0 Å². The van der Waals surface area contributed by atoms with Crippen molar-refractivity contribution in [3.8, 4) is 39.1 Å². The van der Waals surface area contributed by atoms with E-state index in [9.17, 15) is 0 Å². The van der Waals surface area contributed by atoms with Crippen molar-refractivity contribution in [1.82, 2.24) is 4.57 Å². The van der Waals surface area contributed by atoms with Gasteiger partial charge in [0.25, 0.3) is 0 Å². The van der Waals surface area contributed by atoms with Crippen LogP contribution in [0.2, 0.25) is 0 Å². The molecule has 0 N–H and O–H groups in total. The largest absolute Gasteiger partial charge is 0.310 e. The van der Waals surface area contributed by atoms with Crippen molar-refractivity contribution < 1.29 is 0 Å². The fourth-order valence-corrected chi connectivity index (χ4v) is 11.1. The van der Waals surface area contributed by atoms with Crippen LogP contribution in [0.1, 0.15) is 22.3 Å². The molecule has 0 amide bonds. The Labute approximate surface area is 390 Å². The number of nitrogens with zero attached hydrogens (tertiary/aromatic N) is 2. The molecule has 2 nitrogen and oxygen atoms in total. The second-order valence-electron chi connectivity index (χ2n) is 17.6. The number of hydrogen-bond donors (Lipinski definition) is 0. The monoisotopic (exact) mass is 852 g/mol. The zero-order valence-electron chi connectivity index (χ0n) is 36.8. The minimum atomic E-state index is -0.497. The molecular formula is C65H44N2. The summed E-state index contributed by atoms with van der Waals surface area (Å²) in [6, 6.07) is 98.0. The Kier molecular flexibility index (Phi) is 9.11. The van der Waals surface area contributed by atoms with Crippen molar-refractivity contribution >= 4 is 49.6 Å². The molecule has 1 aliphatic rings. The van der Waals surface area contributed by atoms with E-state index >= 15 is 0 Å². The van der Waals surface area contributed by atoms with Gasteiger partial charge < -0.3 is 9.47 Å². The lowest BCUT2D eigenvalue weighted by atomic mass is 9.67. The lowest BCUT2D eigenvalue weighted by Gasteiger charge is -2.35. The molecule has 0 radical (unpaired) electrons. The molecule has 1 aromatic heterocycles. The van der Waals surface area contributed by atoms with Gasteiger partial charge >= 0.3 is 0 Å². The first-order chi connectivity index (χ1) is 33.2. The summed E-state index contributed by atoms with van der Waals surface area (Å²) in [5, 5.41) is 4.97. The summed E-state index contributed by atoms with van der Waals surface area (Å²) in [4.78, 5) is 2.41. The van der Waals surface area contributed by atoms with Gasteiger partial charge in [-0.1, -0.05) is 200 Å². The van der Waals surface area contributed by atoms with E-state index in [0.717, 1.165) is 22.6 Å². The van der Waals surface area contributed by atoms with E-state index in [2.05, 4.69) is 276 Å². The topological polar surface area (TPSA) is 8.17 Å². The second kappa shape index (κ2) is 15.8. The number of hydrogen-bond acceptors (Lipinski definition) is 1. The molecular weight excluding hydrogens is 809 g/mol. The molecule has 1 heterocycles. The van der Waals surface area contributed by atoms with Gasteiger partial charge in [-0.25, -0.2) is 0 Å². The maximum absolute atomic E-state index is 2.45. The standard InChI is InChI=1S/C65H44N2/c1-4-24-50(25-5-1)65(51-26-6-2-7-27-51)60-34-14-12-32-56(60)57-39-38-54(44-61(57)65)66(52-28-8-3-9-29-52)53-30-17-23-48(42-53)46-21-16-22-47(41-46)49-37-40-64-59(43-49)58-33-13-15-35-63(58)67(64)62-36-18-20-45-19-10-11-31-55(45)62/h1-44H. The lowest BCUT2D eigenvalue weighted by molar-refractivity contribution is 0.768. The van der Waals surface area contributed by atoms with Crippen LogP contribution in [0.15, 0.2) is 267 Å². The van der Waals surface area contributed by atoms with Crippen molar-refractivity contribution in [2.24, 2.45) is 0 Å². The smallest absolute Gasteiger partial charge is 0.0714 e. The molecule has 67 heavy (non-hydrogen) atoms. The molecule has 0 atom stereocenters. The number of fused-ring (bicyclic) bond motifs is 7. The van der Waals surface area contributed by atoms with E-state index in [4.69, 9.17) is 0 Å². The van der Waals surface area contributed by atoms with Gasteiger partial charge in [-0.15, -0.1) is 0 Å². The first-order valence-electron chi connectivity index (χ1n) is 23.2. The molecule has 0 fully saturated rings. The summed E-state index contributed by atoms with van der Waals surface area (Å²) in [5.74, 6) is 0. The highest BCUT2D eigenvalue weighted by Crippen LogP contribution is 2.57. The minimum absolute atomic E-state index is 0.497. The third-order valence-electron chi connectivity index (χ3n) is 14.0. The van der Waals surface area contributed by atoms with Crippen LogP contribution in [0.4, 0.5) is 17.1 Å². The summed E-state index contributed by atoms with van der Waals surface area (Å²) in [7, 11) is 0. The van der Waals surface area contributed by atoms with Gasteiger partial charge in [-0.3, -0.25) is 0 Å². The lowest BCUT2D eigenvalue weighted by Crippen LogP contribution is -2.28. The fraction of sp³-hybridized carbons (Fsp3) is 0.0154. The molecule has 2 heteroatoms. The molecule has 0 spiro atoms. The first-order valence-corrected chi connectivity index (χ1v) is 23.2. The summed E-state index contributed by atoms with van der Waals surface area (Å²) < 4.78 is 2.43. The molecule has 0 saturated carbocycles. The van der Waals surface area contributed by atoms with E-state index in [0.29, 0.717) is 0 Å². The number of rotatable bonds is 8. The average molecular weight is 853 g/mol. The van der Waals surface area contributed by atoms with Gasteiger partial charge in [0, 0.05) is 33.2 Å². The average Bonchev–Trinajstić information content (AvgIpc) is 3.89. The molecule has 12 aromatic rings. The maximum Gasteiger partial charge on any atom is 0.0714 e. The van der Waals surface area contributed by atoms with E-state index in [1.54, 1.807) is 0 Å². The highest BCUT2D eigenvalue weighted by atomic mass is 15.1. The Morgan fingerprint density at radius 2 is 0.836 bits per heavy atom. The molecule has 314 valence electrons. The molecule has 11 aromatic carbocycles. The van der Waals surface area contributed by atoms with E-state index in [1.165, 1.54) is 88.3 Å². The minimum Gasteiger partial charge on any atom is -0.310 e. The van der Waals surface area contributed by atoms with Crippen LogP contribution >= 0.6 is 0 Å². The number of benzene rings is 11. The molecule has 0 bridgehead atoms. The Bertz CT molecular complexity index is 3770. The van der Waals surface area contributed by atoms with Crippen LogP contribution in [0.25, 0.3) is 71.6 Å². The number of anilines is 3. The molecule has 0 saturated heterocycles.